The van der Waals surface area contributed by atoms with E-state index < -0.39 is 12.3 Å². The molecule has 1 aromatic carbocycles. The molecule has 1 aliphatic rings. The number of nitrogens with zero attached hydrogens (tertiary/aromatic N) is 1. The summed E-state index contributed by atoms with van der Waals surface area (Å²) < 4.78 is 19.5. The average Bonchev–Trinajstić information content (AvgIpc) is 2.95. The number of halogens is 1. The molecule has 128 valence electrons. The molecular weight excluding hydrogens is 299 g/mol. The van der Waals surface area contributed by atoms with Gasteiger partial charge in [0.2, 0.25) is 0 Å². The molecule has 0 aliphatic carbocycles. The lowest BCUT2D eigenvalue weighted by Gasteiger charge is -2.20. The van der Waals surface area contributed by atoms with Crippen molar-refractivity contribution >= 4 is 6.03 Å². The minimum Gasteiger partial charge on any atom is -0.494 e. The number of aliphatic hydroxyl groups is 1. The van der Waals surface area contributed by atoms with Gasteiger partial charge in [0.1, 0.15) is 5.75 Å². The Labute approximate surface area is 136 Å². The Morgan fingerprint density at radius 3 is 2.91 bits per heavy atom. The Kier molecular flexibility index (Phi) is 5.82. The monoisotopic (exact) mass is 324 g/mol. The van der Waals surface area contributed by atoms with Crippen molar-refractivity contribution in [1.82, 2.24) is 10.2 Å². The number of rotatable bonds is 6. The second kappa shape index (κ2) is 7.64. The van der Waals surface area contributed by atoms with E-state index in [1.165, 1.54) is 4.90 Å². The maximum atomic E-state index is 13.9. The average molecular weight is 324 g/mol. The molecule has 1 saturated heterocycles. The van der Waals surface area contributed by atoms with Gasteiger partial charge in [-0.3, -0.25) is 0 Å². The third-order valence-corrected chi connectivity index (χ3v) is 4.09. The van der Waals surface area contributed by atoms with Gasteiger partial charge in [-0.2, -0.15) is 0 Å². The van der Waals surface area contributed by atoms with Gasteiger partial charge in [-0.15, -0.1) is 0 Å². The van der Waals surface area contributed by atoms with E-state index in [1.807, 2.05) is 25.1 Å². The highest BCUT2D eigenvalue weighted by Crippen LogP contribution is 2.25. The number of carbonyl (C=O) groups is 1. The van der Waals surface area contributed by atoms with Crippen molar-refractivity contribution in [3.05, 3.63) is 29.3 Å². The fraction of sp³-hybridized carbons (Fsp3) is 0.588. The summed E-state index contributed by atoms with van der Waals surface area (Å²) in [5.74, 6) is 0.823. The maximum Gasteiger partial charge on any atom is 0.317 e. The molecule has 1 unspecified atom stereocenters. The molecule has 0 bridgehead atoms. The van der Waals surface area contributed by atoms with Crippen LogP contribution in [0.5, 0.6) is 5.75 Å². The van der Waals surface area contributed by atoms with E-state index >= 15 is 0 Å². The zero-order valence-corrected chi connectivity index (χ0v) is 13.8. The summed E-state index contributed by atoms with van der Waals surface area (Å²) in [6, 6.07) is 5.46. The molecule has 1 heterocycles. The number of aryl methyl sites for hydroxylation is 1. The molecule has 2 N–H and O–H groups in total. The van der Waals surface area contributed by atoms with Gasteiger partial charge in [0, 0.05) is 19.5 Å². The summed E-state index contributed by atoms with van der Waals surface area (Å²) in [7, 11) is 0. The lowest BCUT2D eigenvalue weighted by Crippen LogP contribution is -2.41. The van der Waals surface area contributed by atoms with E-state index in [0.717, 1.165) is 23.3 Å². The number of urea groups is 1. The summed E-state index contributed by atoms with van der Waals surface area (Å²) in [6.07, 6.45) is 1.13. The highest BCUT2D eigenvalue weighted by Gasteiger charge is 2.39. The zero-order valence-electron chi connectivity index (χ0n) is 13.8. The van der Waals surface area contributed by atoms with Crippen LogP contribution in [-0.4, -0.2) is 48.0 Å². The van der Waals surface area contributed by atoms with Crippen LogP contribution in [0.1, 0.15) is 30.9 Å². The number of hydrogen-bond donors (Lipinski definition) is 2. The first-order valence-corrected chi connectivity index (χ1v) is 8.02. The van der Waals surface area contributed by atoms with Crippen LogP contribution in [0.15, 0.2) is 18.2 Å². The summed E-state index contributed by atoms with van der Waals surface area (Å²) in [5, 5.41) is 11.8. The van der Waals surface area contributed by atoms with Gasteiger partial charge in [0.15, 0.2) is 5.67 Å². The molecule has 23 heavy (non-hydrogen) atoms. The fourth-order valence-corrected chi connectivity index (χ4v) is 2.60. The van der Waals surface area contributed by atoms with Gasteiger partial charge < -0.3 is 20.1 Å². The van der Waals surface area contributed by atoms with Gasteiger partial charge >= 0.3 is 6.03 Å². The first kappa shape index (κ1) is 17.5. The van der Waals surface area contributed by atoms with Crippen molar-refractivity contribution in [3.8, 4) is 5.75 Å². The Balaban J connectivity index is 1.87. The topological polar surface area (TPSA) is 61.8 Å². The van der Waals surface area contributed by atoms with E-state index in [2.05, 4.69) is 12.2 Å². The Hall–Kier alpha value is -1.82. The fourth-order valence-electron chi connectivity index (χ4n) is 2.60. The molecule has 0 aromatic heterocycles. The van der Waals surface area contributed by atoms with Crippen LogP contribution in [0, 0.1) is 6.92 Å². The van der Waals surface area contributed by atoms with Crippen molar-refractivity contribution in [2.45, 2.75) is 38.9 Å². The molecule has 1 atom stereocenters. The Morgan fingerprint density at radius 2 is 2.30 bits per heavy atom. The number of alkyl halides is 1. The molecule has 1 aromatic rings. The predicted octanol–water partition coefficient (Wildman–Crippen LogP) is 2.40. The Morgan fingerprint density at radius 1 is 1.52 bits per heavy atom. The smallest absolute Gasteiger partial charge is 0.317 e. The quantitative estimate of drug-likeness (QED) is 0.845. The molecule has 2 rings (SSSR count). The number of nitrogens with one attached hydrogen (secondary N) is 1. The number of hydrogen-bond acceptors (Lipinski definition) is 3. The summed E-state index contributed by atoms with van der Waals surface area (Å²) >= 11 is 0. The van der Waals surface area contributed by atoms with E-state index in [4.69, 9.17) is 9.84 Å². The lowest BCUT2D eigenvalue weighted by atomic mass is 10.1. The lowest BCUT2D eigenvalue weighted by molar-refractivity contribution is 0.0805. The van der Waals surface area contributed by atoms with Crippen LogP contribution >= 0.6 is 0 Å². The van der Waals surface area contributed by atoms with Crippen LogP contribution in [0.25, 0.3) is 0 Å². The molecule has 1 aliphatic heterocycles. The number of aliphatic hydroxyl groups excluding tert-OH is 1. The summed E-state index contributed by atoms with van der Waals surface area (Å²) in [5.41, 5.74) is 0.372. The summed E-state index contributed by atoms with van der Waals surface area (Å²) in [6.45, 7) is 4.80. The molecule has 0 spiro atoms. The number of ether oxygens (including phenoxy) is 1. The second-order valence-electron chi connectivity index (χ2n) is 6.08. The largest absolute Gasteiger partial charge is 0.494 e. The maximum absolute atomic E-state index is 13.9. The molecule has 5 nitrogen and oxygen atoms in total. The molecule has 6 heteroatoms. The molecule has 0 radical (unpaired) electrons. The van der Waals surface area contributed by atoms with Crippen molar-refractivity contribution in [2.75, 3.05) is 26.3 Å². The third kappa shape index (κ3) is 4.58. The minimum absolute atomic E-state index is 0.0574. The van der Waals surface area contributed by atoms with Crippen LogP contribution in [-0.2, 0) is 6.54 Å². The summed E-state index contributed by atoms with van der Waals surface area (Å²) in [4.78, 5) is 13.5. The SMILES string of the molecule is CCCOc1ccc(CNC(=O)N2CCC(F)(CO)C2)c(C)c1. The van der Waals surface area contributed by atoms with Crippen molar-refractivity contribution in [1.29, 1.82) is 0 Å². The van der Waals surface area contributed by atoms with Gasteiger partial charge in [0.05, 0.1) is 19.8 Å². The van der Waals surface area contributed by atoms with E-state index in [-0.39, 0.29) is 19.0 Å². The third-order valence-electron chi connectivity index (χ3n) is 4.09. The molecule has 1 fully saturated rings. The minimum atomic E-state index is -1.66. The number of likely N-dealkylation sites (tertiary alicyclic amines) is 1. The highest BCUT2D eigenvalue weighted by atomic mass is 19.1. The van der Waals surface area contributed by atoms with Gasteiger partial charge in [-0.1, -0.05) is 13.0 Å². The first-order valence-electron chi connectivity index (χ1n) is 8.02. The number of carbonyl (C=O) groups excluding carboxylic acids is 1. The van der Waals surface area contributed by atoms with Crippen molar-refractivity contribution in [3.63, 3.8) is 0 Å². The van der Waals surface area contributed by atoms with Gasteiger partial charge in [-0.25, -0.2) is 9.18 Å². The molecule has 2 amide bonds. The second-order valence-corrected chi connectivity index (χ2v) is 6.08. The Bertz CT molecular complexity index is 553. The van der Waals surface area contributed by atoms with Gasteiger partial charge in [-0.05, 0) is 36.6 Å². The van der Waals surface area contributed by atoms with Crippen molar-refractivity contribution in [2.24, 2.45) is 0 Å². The van der Waals surface area contributed by atoms with E-state index in [1.54, 1.807) is 0 Å². The van der Waals surface area contributed by atoms with E-state index in [9.17, 15) is 9.18 Å². The zero-order chi connectivity index (χ0) is 16.9. The van der Waals surface area contributed by atoms with Gasteiger partial charge in [0.25, 0.3) is 0 Å². The molecule has 0 saturated carbocycles. The van der Waals surface area contributed by atoms with Crippen LogP contribution in [0.2, 0.25) is 0 Å². The van der Waals surface area contributed by atoms with E-state index in [0.29, 0.717) is 19.7 Å². The normalized spacial score (nSPS) is 20.6. The van der Waals surface area contributed by atoms with Crippen LogP contribution < -0.4 is 10.1 Å². The molecular formula is C17H25FN2O3. The van der Waals surface area contributed by atoms with Crippen molar-refractivity contribution < 1.29 is 19.0 Å². The van der Waals surface area contributed by atoms with Crippen LogP contribution in [0.4, 0.5) is 9.18 Å². The highest BCUT2D eigenvalue weighted by molar-refractivity contribution is 5.74. The predicted molar refractivity (Wildman–Crippen MR) is 86.3 cm³/mol. The number of amides is 2. The number of benzene rings is 1. The van der Waals surface area contributed by atoms with Crippen LogP contribution in [0.3, 0.4) is 0 Å². The standard InChI is InChI=1S/C17H25FN2O3/c1-3-8-23-15-5-4-14(13(2)9-15)10-19-16(22)20-7-6-17(18,11-20)12-21/h4-5,9,21H,3,6-8,10-12H2,1-2H3,(H,19,22). The first-order chi connectivity index (χ1) is 11.0.